The Morgan fingerprint density at radius 1 is 1.50 bits per heavy atom. The second-order valence-corrected chi connectivity index (χ2v) is 3.53. The van der Waals surface area contributed by atoms with Crippen molar-refractivity contribution < 1.29 is 9.21 Å². The van der Waals surface area contributed by atoms with Gasteiger partial charge in [-0.2, -0.15) is 0 Å². The fourth-order valence-corrected chi connectivity index (χ4v) is 1.51. The van der Waals surface area contributed by atoms with Gasteiger partial charge in [-0.1, -0.05) is 18.2 Å². The molecule has 1 unspecified atom stereocenters. The predicted octanol–water partition coefficient (Wildman–Crippen LogP) is 1.97. The van der Waals surface area contributed by atoms with Gasteiger partial charge in [0.2, 0.25) is 5.78 Å². The summed E-state index contributed by atoms with van der Waals surface area (Å²) in [5.41, 5.74) is 6.31. The number of hydrogen-bond donors (Lipinski definition) is 1. The lowest BCUT2D eigenvalue weighted by molar-refractivity contribution is 0.0937. The van der Waals surface area contributed by atoms with E-state index in [9.17, 15) is 4.79 Å². The van der Waals surface area contributed by atoms with Crippen LogP contribution in [0.4, 0.5) is 0 Å². The summed E-state index contributed by atoms with van der Waals surface area (Å²) >= 11 is 0. The Labute approximate surface area is 93.2 Å². The van der Waals surface area contributed by atoms with Crippen molar-refractivity contribution in [1.82, 2.24) is 0 Å². The third kappa shape index (κ3) is 1.83. The minimum atomic E-state index is -0.689. The zero-order chi connectivity index (χ0) is 11.5. The van der Waals surface area contributed by atoms with Crippen LogP contribution in [0.25, 0.3) is 11.0 Å². The van der Waals surface area contributed by atoms with Crippen LogP contribution in [0, 0.1) is 12.3 Å². The van der Waals surface area contributed by atoms with Gasteiger partial charge in [0.05, 0.1) is 6.04 Å². The summed E-state index contributed by atoms with van der Waals surface area (Å²) in [5.74, 6) is 2.38. The van der Waals surface area contributed by atoms with Gasteiger partial charge in [0.1, 0.15) is 5.58 Å². The summed E-state index contributed by atoms with van der Waals surface area (Å²) in [4.78, 5) is 11.8. The van der Waals surface area contributed by atoms with E-state index in [1.807, 2.05) is 18.2 Å². The number of para-hydroxylation sites is 1. The number of Topliss-reactive ketones (excluding diaryl/α,β-unsaturated/α-hetero) is 1. The molecule has 16 heavy (non-hydrogen) atoms. The van der Waals surface area contributed by atoms with Crippen LogP contribution >= 0.6 is 0 Å². The predicted molar refractivity (Wildman–Crippen MR) is 62.0 cm³/mol. The normalized spacial score (nSPS) is 12.2. The van der Waals surface area contributed by atoms with Crippen molar-refractivity contribution in [2.24, 2.45) is 5.73 Å². The highest BCUT2D eigenvalue weighted by Gasteiger charge is 2.18. The van der Waals surface area contributed by atoms with Crippen molar-refractivity contribution in [3.05, 3.63) is 36.1 Å². The van der Waals surface area contributed by atoms with E-state index in [0.717, 1.165) is 5.39 Å². The van der Waals surface area contributed by atoms with Crippen molar-refractivity contribution in [3.63, 3.8) is 0 Å². The van der Waals surface area contributed by atoms with Gasteiger partial charge in [0.25, 0.3) is 0 Å². The zero-order valence-electron chi connectivity index (χ0n) is 8.64. The topological polar surface area (TPSA) is 56.2 Å². The zero-order valence-corrected chi connectivity index (χ0v) is 8.64. The number of terminal acetylenes is 1. The van der Waals surface area contributed by atoms with E-state index >= 15 is 0 Å². The molecule has 0 radical (unpaired) electrons. The van der Waals surface area contributed by atoms with E-state index in [1.165, 1.54) is 0 Å². The van der Waals surface area contributed by atoms with E-state index in [1.54, 1.807) is 12.1 Å². The highest BCUT2D eigenvalue weighted by molar-refractivity contribution is 6.00. The first kappa shape index (κ1) is 10.5. The van der Waals surface area contributed by atoms with Gasteiger partial charge in [-0.05, 0) is 12.1 Å². The molecule has 0 aliphatic heterocycles. The lowest BCUT2D eigenvalue weighted by atomic mass is 10.1. The first-order chi connectivity index (χ1) is 7.72. The third-order valence-corrected chi connectivity index (χ3v) is 2.34. The molecule has 1 aromatic carbocycles. The van der Waals surface area contributed by atoms with Gasteiger partial charge >= 0.3 is 0 Å². The van der Waals surface area contributed by atoms with E-state index in [4.69, 9.17) is 16.6 Å². The molecule has 0 saturated carbocycles. The Morgan fingerprint density at radius 2 is 2.25 bits per heavy atom. The quantitative estimate of drug-likeness (QED) is 0.626. The third-order valence-electron chi connectivity index (χ3n) is 2.34. The molecule has 1 atom stereocenters. The highest BCUT2D eigenvalue weighted by Crippen LogP contribution is 2.19. The summed E-state index contributed by atoms with van der Waals surface area (Å²) in [6.45, 7) is 0. The summed E-state index contributed by atoms with van der Waals surface area (Å²) < 4.78 is 5.40. The molecule has 0 bridgehead atoms. The van der Waals surface area contributed by atoms with Crippen molar-refractivity contribution in [2.75, 3.05) is 0 Å². The summed E-state index contributed by atoms with van der Waals surface area (Å²) in [6, 6.07) is 8.41. The molecule has 3 heteroatoms. The van der Waals surface area contributed by atoms with Gasteiger partial charge in [0, 0.05) is 11.8 Å². The molecule has 2 N–H and O–H groups in total. The summed E-state index contributed by atoms with van der Waals surface area (Å²) in [6.07, 6.45) is 5.33. The van der Waals surface area contributed by atoms with Gasteiger partial charge in [-0.3, -0.25) is 4.79 Å². The van der Waals surface area contributed by atoms with Crippen molar-refractivity contribution in [3.8, 4) is 12.3 Å². The molecule has 2 rings (SSSR count). The first-order valence-electron chi connectivity index (χ1n) is 4.94. The maximum Gasteiger partial charge on any atom is 0.215 e. The molecular weight excluding hydrogens is 202 g/mol. The van der Waals surface area contributed by atoms with Crippen LogP contribution < -0.4 is 5.73 Å². The lowest BCUT2D eigenvalue weighted by Crippen LogP contribution is -2.29. The fourth-order valence-electron chi connectivity index (χ4n) is 1.51. The molecule has 1 heterocycles. The Bertz CT molecular complexity index is 530. The summed E-state index contributed by atoms with van der Waals surface area (Å²) in [5, 5.41) is 0.888. The number of hydrogen-bond acceptors (Lipinski definition) is 3. The lowest BCUT2D eigenvalue weighted by Gasteiger charge is -2.02. The second kappa shape index (κ2) is 4.21. The number of ketones is 1. The molecule has 0 aliphatic carbocycles. The molecule has 3 nitrogen and oxygen atoms in total. The maximum absolute atomic E-state index is 11.8. The van der Waals surface area contributed by atoms with Crippen molar-refractivity contribution >= 4 is 16.8 Å². The summed E-state index contributed by atoms with van der Waals surface area (Å²) in [7, 11) is 0. The Balaban J connectivity index is 2.34. The van der Waals surface area contributed by atoms with Crippen LogP contribution in [0.1, 0.15) is 17.0 Å². The first-order valence-corrected chi connectivity index (χ1v) is 4.94. The van der Waals surface area contributed by atoms with Crippen LogP contribution in [-0.2, 0) is 0 Å². The number of nitrogens with two attached hydrogens (primary N) is 1. The minimum Gasteiger partial charge on any atom is -0.453 e. The van der Waals surface area contributed by atoms with E-state index < -0.39 is 6.04 Å². The fraction of sp³-hybridized carbons (Fsp3) is 0.154. The Kier molecular flexibility index (Phi) is 2.76. The van der Waals surface area contributed by atoms with E-state index in [-0.39, 0.29) is 18.0 Å². The number of fused-ring (bicyclic) bond motifs is 1. The number of furan rings is 1. The van der Waals surface area contributed by atoms with Crippen LogP contribution in [0.15, 0.2) is 34.7 Å². The highest BCUT2D eigenvalue weighted by atomic mass is 16.3. The molecule has 0 saturated heterocycles. The molecular formula is C13H11NO2. The van der Waals surface area contributed by atoms with Gasteiger partial charge in [0.15, 0.2) is 5.76 Å². The molecule has 2 aromatic rings. The number of carbonyl (C=O) groups is 1. The molecule has 0 aliphatic rings. The molecule has 0 fully saturated rings. The minimum absolute atomic E-state index is 0.218. The molecule has 0 spiro atoms. The number of rotatable bonds is 3. The largest absolute Gasteiger partial charge is 0.453 e. The van der Waals surface area contributed by atoms with E-state index in [0.29, 0.717) is 5.58 Å². The Morgan fingerprint density at radius 3 is 2.94 bits per heavy atom. The van der Waals surface area contributed by atoms with Gasteiger partial charge < -0.3 is 10.2 Å². The molecule has 1 aromatic heterocycles. The SMILES string of the molecule is C#CCC(N)C(=O)c1cc2ccccc2o1. The number of benzene rings is 1. The monoisotopic (exact) mass is 213 g/mol. The van der Waals surface area contributed by atoms with Crippen molar-refractivity contribution in [2.45, 2.75) is 12.5 Å². The van der Waals surface area contributed by atoms with Gasteiger partial charge in [-0.15, -0.1) is 12.3 Å². The number of carbonyl (C=O) groups excluding carboxylic acids is 1. The second-order valence-electron chi connectivity index (χ2n) is 3.53. The molecule has 0 amide bonds. The van der Waals surface area contributed by atoms with Crippen molar-refractivity contribution in [1.29, 1.82) is 0 Å². The molecule has 80 valence electrons. The van der Waals surface area contributed by atoms with Gasteiger partial charge in [-0.25, -0.2) is 0 Å². The van der Waals surface area contributed by atoms with Crippen LogP contribution in [0.5, 0.6) is 0 Å². The Hall–Kier alpha value is -2.05. The van der Waals surface area contributed by atoms with Crippen LogP contribution in [0.3, 0.4) is 0 Å². The average molecular weight is 213 g/mol. The maximum atomic E-state index is 11.8. The average Bonchev–Trinajstić information content (AvgIpc) is 2.71. The standard InChI is InChI=1S/C13H11NO2/c1-2-5-10(14)13(15)12-8-9-6-3-4-7-11(9)16-12/h1,3-4,6-8,10H,5,14H2. The van der Waals surface area contributed by atoms with Crippen LogP contribution in [-0.4, -0.2) is 11.8 Å². The van der Waals surface area contributed by atoms with E-state index in [2.05, 4.69) is 5.92 Å². The smallest absolute Gasteiger partial charge is 0.215 e. The van der Waals surface area contributed by atoms with Crippen LogP contribution in [0.2, 0.25) is 0 Å².